The third-order valence-electron chi connectivity index (χ3n) is 4.28. The number of ether oxygens (including phenoxy) is 1. The second-order valence-electron chi connectivity index (χ2n) is 6.42. The summed E-state index contributed by atoms with van der Waals surface area (Å²) in [6.45, 7) is 7.73. The maximum absolute atomic E-state index is 12.8. The molecule has 0 heterocycles. The first-order valence-corrected chi connectivity index (χ1v) is 10.6. The number of carbonyl (C=O) groups is 1. The number of hydrogen-bond donors (Lipinski definition) is 1. The van der Waals surface area contributed by atoms with Gasteiger partial charge in [0.25, 0.3) is 0 Å². The average Bonchev–Trinajstić information content (AvgIpc) is 2.59. The molecule has 0 aliphatic carbocycles. The second kappa shape index (κ2) is 8.43. The van der Waals surface area contributed by atoms with Gasteiger partial charge >= 0.3 is 0 Å². The molecule has 1 atom stereocenters. The second-order valence-corrected chi connectivity index (χ2v) is 8.28. The zero-order valence-electron chi connectivity index (χ0n) is 16.3. The van der Waals surface area contributed by atoms with Crippen LogP contribution in [0.4, 0.5) is 11.4 Å². The fourth-order valence-electron chi connectivity index (χ4n) is 2.76. The van der Waals surface area contributed by atoms with Gasteiger partial charge in [0.05, 0.1) is 24.2 Å². The van der Waals surface area contributed by atoms with E-state index in [1.165, 1.54) is 0 Å². The van der Waals surface area contributed by atoms with Crippen LogP contribution in [-0.4, -0.2) is 33.2 Å². The van der Waals surface area contributed by atoms with E-state index >= 15 is 0 Å². The Kier molecular flexibility index (Phi) is 6.49. The molecule has 0 saturated heterocycles. The van der Waals surface area contributed by atoms with Crippen LogP contribution >= 0.6 is 0 Å². The van der Waals surface area contributed by atoms with E-state index in [4.69, 9.17) is 4.74 Å². The number of rotatable bonds is 7. The smallest absolute Gasteiger partial charge is 0.248 e. The van der Waals surface area contributed by atoms with Crippen molar-refractivity contribution in [2.45, 2.75) is 33.7 Å². The van der Waals surface area contributed by atoms with Crippen molar-refractivity contribution in [1.29, 1.82) is 0 Å². The number of amides is 1. The summed E-state index contributed by atoms with van der Waals surface area (Å²) in [5.41, 5.74) is 2.97. The molecule has 2 rings (SSSR count). The summed E-state index contributed by atoms with van der Waals surface area (Å²) in [6, 6.07) is 11.4. The Hall–Kier alpha value is -2.54. The molecule has 1 amide bonds. The van der Waals surface area contributed by atoms with Gasteiger partial charge in [0.1, 0.15) is 11.8 Å². The number of nitrogens with one attached hydrogen (secondary N) is 1. The van der Waals surface area contributed by atoms with E-state index in [-0.39, 0.29) is 0 Å². The van der Waals surface area contributed by atoms with Gasteiger partial charge in [-0.3, -0.25) is 9.10 Å². The molecular weight excluding hydrogens is 364 g/mol. The van der Waals surface area contributed by atoms with Crippen molar-refractivity contribution in [3.63, 3.8) is 0 Å². The predicted molar refractivity (Wildman–Crippen MR) is 109 cm³/mol. The minimum absolute atomic E-state index is 0.439. The van der Waals surface area contributed by atoms with Crippen LogP contribution in [0.25, 0.3) is 0 Å². The Balaban J connectivity index is 2.34. The van der Waals surface area contributed by atoms with Crippen LogP contribution in [0.15, 0.2) is 42.5 Å². The lowest BCUT2D eigenvalue weighted by atomic mass is 10.1. The summed E-state index contributed by atoms with van der Waals surface area (Å²) >= 11 is 0. The van der Waals surface area contributed by atoms with Gasteiger partial charge in [-0.05, 0) is 63.1 Å². The molecule has 0 aromatic heterocycles. The van der Waals surface area contributed by atoms with Gasteiger partial charge in [0.15, 0.2) is 0 Å². The van der Waals surface area contributed by atoms with Crippen LogP contribution < -0.4 is 14.4 Å². The molecule has 7 heteroatoms. The third kappa shape index (κ3) is 5.01. The molecule has 2 aromatic carbocycles. The Morgan fingerprint density at radius 1 is 1.15 bits per heavy atom. The number of hydrogen-bond acceptors (Lipinski definition) is 4. The first-order valence-electron chi connectivity index (χ1n) is 8.74. The first-order chi connectivity index (χ1) is 12.6. The normalized spacial score (nSPS) is 12.3. The number of para-hydroxylation sites is 2. The van der Waals surface area contributed by atoms with Gasteiger partial charge in [-0.15, -0.1) is 0 Å². The van der Waals surface area contributed by atoms with Gasteiger partial charge < -0.3 is 10.1 Å². The van der Waals surface area contributed by atoms with Gasteiger partial charge in [-0.1, -0.05) is 18.2 Å². The number of anilines is 2. The van der Waals surface area contributed by atoms with Crippen LogP contribution in [0.1, 0.15) is 25.0 Å². The summed E-state index contributed by atoms with van der Waals surface area (Å²) in [5, 5.41) is 2.77. The summed E-state index contributed by atoms with van der Waals surface area (Å²) in [5.74, 6) is 0.100. The molecule has 2 aromatic rings. The molecule has 146 valence electrons. The predicted octanol–water partition coefficient (Wildman–Crippen LogP) is 3.50. The maximum atomic E-state index is 12.8. The molecule has 0 unspecified atom stereocenters. The van der Waals surface area contributed by atoms with Crippen LogP contribution in [0.3, 0.4) is 0 Å². The first kappa shape index (κ1) is 20.8. The summed E-state index contributed by atoms with van der Waals surface area (Å²) in [6.07, 6.45) is 1.10. The van der Waals surface area contributed by atoms with E-state index in [9.17, 15) is 13.2 Å². The molecule has 0 aliphatic heterocycles. The number of nitrogens with zero attached hydrogens (tertiary/aromatic N) is 1. The molecule has 0 spiro atoms. The standard InChI is InChI=1S/C20H26N2O4S/c1-6-26-19-10-8-7-9-18(19)21-20(23)16(4)22(27(5,24)25)17-12-11-14(2)15(3)13-17/h7-13,16H,6H2,1-5H3,(H,21,23)/t16-/m0/s1. The van der Waals surface area contributed by atoms with E-state index in [2.05, 4.69) is 5.32 Å². The highest BCUT2D eigenvalue weighted by Crippen LogP contribution is 2.27. The van der Waals surface area contributed by atoms with Gasteiger partial charge in [0, 0.05) is 0 Å². The lowest BCUT2D eigenvalue weighted by Crippen LogP contribution is -2.45. The summed E-state index contributed by atoms with van der Waals surface area (Å²) in [7, 11) is -3.66. The van der Waals surface area contributed by atoms with Gasteiger partial charge in [0.2, 0.25) is 15.9 Å². The third-order valence-corrected chi connectivity index (χ3v) is 5.52. The molecule has 27 heavy (non-hydrogen) atoms. The Labute approximate surface area is 161 Å². The highest BCUT2D eigenvalue weighted by atomic mass is 32.2. The number of aryl methyl sites for hydroxylation is 2. The molecule has 1 N–H and O–H groups in total. The number of sulfonamides is 1. The average molecular weight is 391 g/mol. The molecule has 0 bridgehead atoms. The summed E-state index contributed by atoms with van der Waals surface area (Å²) in [4.78, 5) is 12.8. The zero-order chi connectivity index (χ0) is 20.2. The molecule has 0 aliphatic rings. The van der Waals surface area contributed by atoms with E-state index in [1.807, 2.05) is 32.9 Å². The lowest BCUT2D eigenvalue weighted by Gasteiger charge is -2.29. The lowest BCUT2D eigenvalue weighted by molar-refractivity contribution is -0.116. The van der Waals surface area contributed by atoms with Gasteiger partial charge in [-0.25, -0.2) is 8.42 Å². The highest BCUT2D eigenvalue weighted by molar-refractivity contribution is 7.92. The van der Waals surface area contributed by atoms with Crippen molar-refractivity contribution in [3.8, 4) is 5.75 Å². The van der Waals surface area contributed by atoms with E-state index in [1.54, 1.807) is 37.3 Å². The minimum Gasteiger partial charge on any atom is -0.492 e. The fourth-order valence-corrected chi connectivity index (χ4v) is 3.93. The zero-order valence-corrected chi connectivity index (χ0v) is 17.1. The molecule has 0 fully saturated rings. The Morgan fingerprint density at radius 3 is 2.41 bits per heavy atom. The van der Waals surface area contributed by atoms with Gasteiger partial charge in [-0.2, -0.15) is 0 Å². The maximum Gasteiger partial charge on any atom is 0.248 e. The highest BCUT2D eigenvalue weighted by Gasteiger charge is 2.29. The van der Waals surface area contributed by atoms with E-state index < -0.39 is 22.0 Å². The largest absolute Gasteiger partial charge is 0.492 e. The van der Waals surface area contributed by atoms with Crippen molar-refractivity contribution >= 4 is 27.3 Å². The Morgan fingerprint density at radius 2 is 1.81 bits per heavy atom. The molecular formula is C20H26N2O4S. The molecule has 0 saturated carbocycles. The van der Waals surface area contributed by atoms with E-state index in [0.29, 0.717) is 23.7 Å². The number of benzene rings is 2. The van der Waals surface area contributed by atoms with Crippen LogP contribution in [-0.2, 0) is 14.8 Å². The van der Waals surface area contributed by atoms with E-state index in [0.717, 1.165) is 21.7 Å². The van der Waals surface area contributed by atoms with Crippen molar-refractivity contribution in [2.24, 2.45) is 0 Å². The van der Waals surface area contributed by atoms with Crippen LogP contribution in [0.2, 0.25) is 0 Å². The Bertz CT molecular complexity index is 925. The van der Waals surface area contributed by atoms with Crippen molar-refractivity contribution < 1.29 is 17.9 Å². The number of carbonyl (C=O) groups excluding carboxylic acids is 1. The SMILES string of the molecule is CCOc1ccccc1NC(=O)[C@H](C)N(c1ccc(C)c(C)c1)S(C)(=O)=O. The topological polar surface area (TPSA) is 75.7 Å². The molecule has 6 nitrogen and oxygen atoms in total. The fraction of sp³-hybridized carbons (Fsp3) is 0.350. The van der Waals surface area contributed by atoms with Crippen molar-refractivity contribution in [2.75, 3.05) is 22.5 Å². The monoisotopic (exact) mass is 390 g/mol. The molecule has 0 radical (unpaired) electrons. The minimum atomic E-state index is -3.66. The quantitative estimate of drug-likeness (QED) is 0.785. The van der Waals surface area contributed by atoms with Crippen molar-refractivity contribution in [3.05, 3.63) is 53.6 Å². The van der Waals surface area contributed by atoms with Crippen molar-refractivity contribution in [1.82, 2.24) is 0 Å². The van der Waals surface area contributed by atoms with Crippen LogP contribution in [0, 0.1) is 13.8 Å². The summed E-state index contributed by atoms with van der Waals surface area (Å²) < 4.78 is 31.5. The van der Waals surface area contributed by atoms with Crippen LogP contribution in [0.5, 0.6) is 5.75 Å².